The molecule has 31 heavy (non-hydrogen) atoms. The number of halogens is 2. The molecule has 2 aromatic carbocycles. The molecule has 0 radical (unpaired) electrons. The Bertz CT molecular complexity index is 914. The first-order valence-corrected chi connectivity index (χ1v) is 10.9. The molecule has 1 fully saturated rings. The zero-order valence-corrected chi connectivity index (χ0v) is 18.8. The van der Waals surface area contributed by atoms with E-state index in [1.807, 2.05) is 11.0 Å². The zero-order valence-electron chi connectivity index (χ0n) is 18.8. The third kappa shape index (κ3) is 6.26. The van der Waals surface area contributed by atoms with Crippen molar-refractivity contribution in [2.24, 2.45) is 11.8 Å². The predicted molar refractivity (Wildman–Crippen MR) is 118 cm³/mol. The van der Waals surface area contributed by atoms with Crippen molar-refractivity contribution in [3.8, 4) is 5.75 Å². The lowest BCUT2D eigenvalue weighted by molar-refractivity contribution is 0.0761. The van der Waals surface area contributed by atoms with Crippen molar-refractivity contribution in [3.05, 3.63) is 64.7 Å². The highest BCUT2D eigenvalue weighted by atomic mass is 19.1. The minimum Gasteiger partial charge on any atom is -0.489 e. The summed E-state index contributed by atoms with van der Waals surface area (Å²) in [7, 11) is 0. The lowest BCUT2D eigenvalue weighted by atomic mass is 9.99. The fourth-order valence-corrected chi connectivity index (χ4v) is 3.91. The maximum Gasteiger partial charge on any atom is 0.254 e. The number of ether oxygens (including phenoxy) is 1. The van der Waals surface area contributed by atoms with Crippen LogP contribution in [0.1, 0.15) is 49.2 Å². The standard InChI is InChI=1S/C25H32F2N2O2/c1-17(2)11-21-12-19(25(30)29-10-9-28(16-29)14-18(3)4)6-8-24(21)31-15-20-5-7-22(26)13-23(20)27/h5-8,12-13,17-18H,9-11,14-16H2,1-4H3. The van der Waals surface area contributed by atoms with Crippen LogP contribution in [-0.2, 0) is 13.0 Å². The minimum absolute atomic E-state index is 0.000783. The van der Waals surface area contributed by atoms with Crippen LogP contribution in [0.15, 0.2) is 36.4 Å². The third-order valence-electron chi connectivity index (χ3n) is 5.30. The maximum absolute atomic E-state index is 13.9. The second-order valence-corrected chi connectivity index (χ2v) is 9.13. The quantitative estimate of drug-likeness (QED) is 0.583. The van der Waals surface area contributed by atoms with E-state index < -0.39 is 11.6 Å². The monoisotopic (exact) mass is 430 g/mol. The van der Waals surface area contributed by atoms with Gasteiger partial charge in [0.15, 0.2) is 0 Å². The van der Waals surface area contributed by atoms with Crippen molar-refractivity contribution >= 4 is 5.91 Å². The molecule has 1 aliphatic rings. The summed E-state index contributed by atoms with van der Waals surface area (Å²) in [5.74, 6) is 0.332. The summed E-state index contributed by atoms with van der Waals surface area (Å²) >= 11 is 0. The van der Waals surface area contributed by atoms with E-state index in [0.29, 0.717) is 35.4 Å². The number of amides is 1. The molecule has 2 aromatic rings. The summed E-state index contributed by atoms with van der Waals surface area (Å²) < 4.78 is 32.9. The van der Waals surface area contributed by atoms with Gasteiger partial charge < -0.3 is 9.64 Å². The van der Waals surface area contributed by atoms with Gasteiger partial charge in [-0.2, -0.15) is 0 Å². The van der Waals surface area contributed by atoms with Gasteiger partial charge >= 0.3 is 0 Å². The Morgan fingerprint density at radius 1 is 1.00 bits per heavy atom. The number of nitrogens with zero attached hydrogens (tertiary/aromatic N) is 2. The highest BCUT2D eigenvalue weighted by Gasteiger charge is 2.26. The van der Waals surface area contributed by atoms with Gasteiger partial charge in [-0.1, -0.05) is 27.7 Å². The second kappa shape index (κ2) is 10.2. The topological polar surface area (TPSA) is 32.8 Å². The highest BCUT2D eigenvalue weighted by Crippen LogP contribution is 2.26. The molecule has 168 valence electrons. The Kier molecular flexibility index (Phi) is 7.65. The molecule has 6 heteroatoms. The van der Waals surface area contributed by atoms with Gasteiger partial charge in [0, 0.05) is 36.8 Å². The van der Waals surface area contributed by atoms with Crippen molar-refractivity contribution in [1.82, 2.24) is 9.80 Å². The molecule has 0 atom stereocenters. The molecule has 0 aliphatic carbocycles. The van der Waals surface area contributed by atoms with Crippen LogP contribution in [-0.4, -0.2) is 42.0 Å². The van der Waals surface area contributed by atoms with E-state index in [-0.39, 0.29) is 12.5 Å². The smallest absolute Gasteiger partial charge is 0.254 e. The zero-order chi connectivity index (χ0) is 22.5. The normalized spacial score (nSPS) is 14.6. The van der Waals surface area contributed by atoms with E-state index in [1.54, 1.807) is 12.1 Å². The van der Waals surface area contributed by atoms with E-state index in [0.717, 1.165) is 37.7 Å². The molecule has 1 saturated heterocycles. The maximum atomic E-state index is 13.9. The van der Waals surface area contributed by atoms with E-state index in [4.69, 9.17) is 4.74 Å². The van der Waals surface area contributed by atoms with Crippen molar-refractivity contribution in [2.45, 2.75) is 40.7 Å². The van der Waals surface area contributed by atoms with Crippen LogP contribution in [0.2, 0.25) is 0 Å². The number of hydrogen-bond donors (Lipinski definition) is 0. The van der Waals surface area contributed by atoms with Gasteiger partial charge in [0.05, 0.1) is 6.67 Å². The largest absolute Gasteiger partial charge is 0.489 e. The molecular weight excluding hydrogens is 398 g/mol. The first-order chi connectivity index (χ1) is 14.7. The Morgan fingerprint density at radius 2 is 1.77 bits per heavy atom. The number of carbonyl (C=O) groups is 1. The SMILES string of the molecule is CC(C)Cc1cc(C(=O)N2CCN(CC(C)C)C2)ccc1OCc1ccc(F)cc1F. The number of carbonyl (C=O) groups excluding carboxylic acids is 1. The van der Waals surface area contributed by atoms with Crippen LogP contribution in [0.25, 0.3) is 0 Å². The van der Waals surface area contributed by atoms with Crippen molar-refractivity contribution in [1.29, 1.82) is 0 Å². The fourth-order valence-electron chi connectivity index (χ4n) is 3.91. The van der Waals surface area contributed by atoms with Gasteiger partial charge in [-0.05, 0) is 54.2 Å². The van der Waals surface area contributed by atoms with Gasteiger partial charge in [-0.3, -0.25) is 9.69 Å². The Morgan fingerprint density at radius 3 is 2.45 bits per heavy atom. The predicted octanol–water partition coefficient (Wildman–Crippen LogP) is 5.11. The lowest BCUT2D eigenvalue weighted by Gasteiger charge is -2.20. The Labute approximate surface area is 183 Å². The van der Waals surface area contributed by atoms with Crippen LogP contribution in [0.4, 0.5) is 8.78 Å². The first kappa shape index (κ1) is 23.2. The second-order valence-electron chi connectivity index (χ2n) is 9.13. The molecule has 1 aliphatic heterocycles. The van der Waals surface area contributed by atoms with Crippen molar-refractivity contribution in [2.75, 3.05) is 26.3 Å². The van der Waals surface area contributed by atoms with Gasteiger partial charge in [0.25, 0.3) is 5.91 Å². The molecule has 0 N–H and O–H groups in total. The third-order valence-corrected chi connectivity index (χ3v) is 5.30. The Hall–Kier alpha value is -2.47. The highest BCUT2D eigenvalue weighted by molar-refractivity contribution is 5.94. The number of rotatable bonds is 8. The molecule has 0 aromatic heterocycles. The first-order valence-electron chi connectivity index (χ1n) is 10.9. The number of benzene rings is 2. The molecule has 1 heterocycles. The summed E-state index contributed by atoms with van der Waals surface area (Å²) in [5.41, 5.74) is 1.85. The van der Waals surface area contributed by atoms with E-state index in [2.05, 4.69) is 32.6 Å². The molecule has 0 saturated carbocycles. The van der Waals surface area contributed by atoms with E-state index in [9.17, 15) is 13.6 Å². The van der Waals surface area contributed by atoms with E-state index in [1.165, 1.54) is 12.1 Å². The number of hydrogen-bond acceptors (Lipinski definition) is 3. The molecule has 0 bridgehead atoms. The summed E-state index contributed by atoms with van der Waals surface area (Å²) in [6.45, 7) is 11.8. The minimum atomic E-state index is -0.628. The van der Waals surface area contributed by atoms with Crippen molar-refractivity contribution < 1.29 is 18.3 Å². The van der Waals surface area contributed by atoms with Gasteiger partial charge in [0.2, 0.25) is 0 Å². The molecule has 3 rings (SSSR count). The summed E-state index contributed by atoms with van der Waals surface area (Å²) in [6, 6.07) is 8.91. The van der Waals surface area contributed by atoms with Crippen LogP contribution >= 0.6 is 0 Å². The Balaban J connectivity index is 1.74. The van der Waals surface area contributed by atoms with Gasteiger partial charge in [-0.25, -0.2) is 8.78 Å². The molecule has 0 unspecified atom stereocenters. The summed E-state index contributed by atoms with van der Waals surface area (Å²) in [5, 5.41) is 0. The van der Waals surface area contributed by atoms with Crippen molar-refractivity contribution in [3.63, 3.8) is 0 Å². The lowest BCUT2D eigenvalue weighted by Crippen LogP contribution is -2.32. The molecule has 4 nitrogen and oxygen atoms in total. The summed E-state index contributed by atoms with van der Waals surface area (Å²) in [4.78, 5) is 17.2. The van der Waals surface area contributed by atoms with Gasteiger partial charge in [-0.15, -0.1) is 0 Å². The summed E-state index contributed by atoms with van der Waals surface area (Å²) in [6.07, 6.45) is 0.738. The molecule has 0 spiro atoms. The fraction of sp³-hybridized carbons (Fsp3) is 0.480. The average Bonchev–Trinajstić information content (AvgIpc) is 3.14. The van der Waals surface area contributed by atoms with Crippen LogP contribution in [0.5, 0.6) is 5.75 Å². The molecule has 1 amide bonds. The van der Waals surface area contributed by atoms with Gasteiger partial charge in [0.1, 0.15) is 24.0 Å². The average molecular weight is 431 g/mol. The van der Waals surface area contributed by atoms with Crippen LogP contribution < -0.4 is 4.74 Å². The van der Waals surface area contributed by atoms with Crippen LogP contribution in [0.3, 0.4) is 0 Å². The molecular formula is C25H32F2N2O2. The van der Waals surface area contributed by atoms with Crippen LogP contribution in [0, 0.1) is 23.5 Å². The van der Waals surface area contributed by atoms with E-state index >= 15 is 0 Å².